The second kappa shape index (κ2) is 8.06. The minimum Gasteiger partial charge on any atom is -0.399 e. The summed E-state index contributed by atoms with van der Waals surface area (Å²) in [6.07, 6.45) is 3.26. The van der Waals surface area contributed by atoms with Crippen LogP contribution in [0.4, 0.5) is 11.5 Å². The number of carbonyl (C=O) groups excluding carboxylic acids is 1. The summed E-state index contributed by atoms with van der Waals surface area (Å²) in [7, 11) is 0. The van der Waals surface area contributed by atoms with Crippen LogP contribution in [-0.2, 0) is 11.3 Å². The molecule has 0 bridgehead atoms. The Morgan fingerprint density at radius 1 is 1.18 bits per heavy atom. The topological polar surface area (TPSA) is 110 Å². The number of rotatable bonds is 5. The summed E-state index contributed by atoms with van der Waals surface area (Å²) in [4.78, 5) is 28.4. The molecule has 0 saturated heterocycles. The van der Waals surface area contributed by atoms with Crippen molar-refractivity contribution in [1.82, 2.24) is 9.55 Å². The predicted octanol–water partition coefficient (Wildman–Crippen LogP) is 2.42. The van der Waals surface area contributed by atoms with Crippen LogP contribution in [0, 0.1) is 6.92 Å². The number of carbonyl (C=O) groups is 1. The maximum atomic E-state index is 12.9. The van der Waals surface area contributed by atoms with E-state index in [4.69, 9.17) is 5.73 Å². The second-order valence-corrected chi connectivity index (χ2v) is 6.55. The van der Waals surface area contributed by atoms with Crippen molar-refractivity contribution in [2.75, 3.05) is 17.7 Å². The summed E-state index contributed by atoms with van der Waals surface area (Å²) >= 11 is 0. The maximum absolute atomic E-state index is 12.9. The smallest absolute Gasteiger partial charge is 0.258 e. The van der Waals surface area contributed by atoms with Gasteiger partial charge in [-0.15, -0.1) is 0 Å². The molecule has 3 rings (SSSR count). The largest absolute Gasteiger partial charge is 0.399 e. The number of aryl methyl sites for hydroxylation is 1. The third kappa shape index (κ3) is 4.10. The number of nitrogen functional groups attached to an aromatic ring is 1. The minimum absolute atomic E-state index is 0.161. The number of pyridine rings is 2. The quantitative estimate of drug-likeness (QED) is 0.591. The maximum Gasteiger partial charge on any atom is 0.258 e. The summed E-state index contributed by atoms with van der Waals surface area (Å²) < 4.78 is 1.48. The Kier molecular flexibility index (Phi) is 5.56. The number of aliphatic hydroxyl groups is 1. The molecular weight excluding hydrogens is 356 g/mol. The normalized spacial score (nSPS) is 10.7. The molecule has 2 heterocycles. The molecule has 0 spiro atoms. The Morgan fingerprint density at radius 2 is 1.96 bits per heavy atom. The van der Waals surface area contributed by atoms with Gasteiger partial charge in [-0.05, 0) is 59.5 Å². The van der Waals surface area contributed by atoms with Crippen molar-refractivity contribution < 1.29 is 9.90 Å². The zero-order valence-corrected chi connectivity index (χ0v) is 15.8. The van der Waals surface area contributed by atoms with Crippen molar-refractivity contribution in [3.05, 3.63) is 64.7 Å². The Hall–Kier alpha value is -3.45. The second-order valence-electron chi connectivity index (χ2n) is 6.55. The van der Waals surface area contributed by atoms with Gasteiger partial charge in [0.1, 0.15) is 5.82 Å². The Bertz CT molecular complexity index is 1090. The summed E-state index contributed by atoms with van der Waals surface area (Å²) in [5.41, 5.74) is 10.1. The van der Waals surface area contributed by atoms with E-state index >= 15 is 0 Å². The van der Waals surface area contributed by atoms with E-state index in [2.05, 4.69) is 10.3 Å². The lowest BCUT2D eigenvalue weighted by molar-refractivity contribution is -0.114. The van der Waals surface area contributed by atoms with Gasteiger partial charge in [0.05, 0.1) is 6.61 Å². The van der Waals surface area contributed by atoms with Crippen LogP contribution >= 0.6 is 0 Å². The highest BCUT2D eigenvalue weighted by atomic mass is 16.3. The molecule has 7 heteroatoms. The van der Waals surface area contributed by atoms with Gasteiger partial charge in [0.25, 0.3) is 5.56 Å². The number of aromatic nitrogens is 2. The van der Waals surface area contributed by atoms with Gasteiger partial charge in [0, 0.05) is 37.1 Å². The molecule has 0 radical (unpaired) electrons. The van der Waals surface area contributed by atoms with Crippen LogP contribution in [0.1, 0.15) is 12.5 Å². The Balaban J connectivity index is 2.21. The highest BCUT2D eigenvalue weighted by Gasteiger charge is 2.13. The first-order chi connectivity index (χ1) is 13.4. The van der Waals surface area contributed by atoms with Gasteiger partial charge in [0.2, 0.25) is 5.91 Å². The van der Waals surface area contributed by atoms with Gasteiger partial charge >= 0.3 is 0 Å². The lowest BCUT2D eigenvalue weighted by atomic mass is 9.98. The van der Waals surface area contributed by atoms with E-state index in [-0.39, 0.29) is 24.6 Å². The first-order valence-electron chi connectivity index (χ1n) is 8.85. The van der Waals surface area contributed by atoms with Crippen molar-refractivity contribution in [1.29, 1.82) is 0 Å². The summed E-state index contributed by atoms with van der Waals surface area (Å²) in [6, 6.07) is 10.8. The average molecular weight is 378 g/mol. The lowest BCUT2D eigenvalue weighted by Crippen LogP contribution is -2.23. The number of benzene rings is 1. The molecule has 0 saturated carbocycles. The summed E-state index contributed by atoms with van der Waals surface area (Å²) in [5.74, 6) is 0.120. The standard InChI is InChI=1S/C21H22N4O3/c1-13-3-4-17(22)11-18(13)16-9-19(21(28)25(12-16)7-8-26)15-5-6-23-20(10-15)24-14(2)27/h3-6,9-12,26H,7-8,22H2,1-2H3,(H,23,24,27). The molecule has 3 aromatic rings. The monoisotopic (exact) mass is 378 g/mol. The number of aliphatic hydroxyl groups excluding tert-OH is 1. The van der Waals surface area contributed by atoms with Crippen LogP contribution < -0.4 is 16.6 Å². The number of amides is 1. The molecule has 1 aromatic carbocycles. The molecule has 0 aliphatic heterocycles. The first kappa shape index (κ1) is 19.3. The molecule has 4 N–H and O–H groups in total. The number of nitrogens with one attached hydrogen (secondary N) is 1. The van der Waals surface area contributed by atoms with E-state index in [1.165, 1.54) is 17.7 Å². The van der Waals surface area contributed by atoms with Crippen molar-refractivity contribution >= 4 is 17.4 Å². The fourth-order valence-electron chi connectivity index (χ4n) is 3.06. The van der Waals surface area contributed by atoms with Gasteiger partial charge in [-0.3, -0.25) is 9.59 Å². The fraction of sp³-hybridized carbons (Fsp3) is 0.190. The van der Waals surface area contributed by atoms with Crippen LogP contribution in [0.5, 0.6) is 0 Å². The molecule has 0 aliphatic rings. The number of nitrogens with zero attached hydrogens (tertiary/aromatic N) is 2. The summed E-state index contributed by atoms with van der Waals surface area (Å²) in [5, 5.41) is 12.0. The van der Waals surface area contributed by atoms with E-state index in [0.717, 1.165) is 16.7 Å². The van der Waals surface area contributed by atoms with E-state index in [1.54, 1.807) is 24.4 Å². The van der Waals surface area contributed by atoms with Gasteiger partial charge in [-0.25, -0.2) is 4.98 Å². The molecular formula is C21H22N4O3. The molecule has 1 amide bonds. The average Bonchev–Trinajstić information content (AvgIpc) is 2.65. The minimum atomic E-state index is -0.244. The van der Waals surface area contributed by atoms with Crippen LogP contribution in [0.3, 0.4) is 0 Å². The number of nitrogens with two attached hydrogens (primary N) is 1. The van der Waals surface area contributed by atoms with E-state index in [9.17, 15) is 14.7 Å². The molecule has 2 aromatic heterocycles. The van der Waals surface area contributed by atoms with Gasteiger partial charge in [-0.2, -0.15) is 0 Å². The van der Waals surface area contributed by atoms with Crippen LogP contribution in [0.15, 0.2) is 53.6 Å². The van der Waals surface area contributed by atoms with Crippen molar-refractivity contribution in [3.63, 3.8) is 0 Å². The van der Waals surface area contributed by atoms with Crippen LogP contribution in [0.25, 0.3) is 22.3 Å². The molecule has 28 heavy (non-hydrogen) atoms. The molecule has 144 valence electrons. The van der Waals surface area contributed by atoms with E-state index in [0.29, 0.717) is 22.6 Å². The van der Waals surface area contributed by atoms with Crippen LogP contribution in [-0.4, -0.2) is 27.2 Å². The van der Waals surface area contributed by atoms with Gasteiger partial charge < -0.3 is 20.7 Å². The van der Waals surface area contributed by atoms with Crippen molar-refractivity contribution in [2.24, 2.45) is 0 Å². The predicted molar refractivity (Wildman–Crippen MR) is 110 cm³/mol. The lowest BCUT2D eigenvalue weighted by Gasteiger charge is -2.14. The van der Waals surface area contributed by atoms with E-state index in [1.807, 2.05) is 25.1 Å². The number of hydrogen-bond acceptors (Lipinski definition) is 5. The highest BCUT2D eigenvalue weighted by molar-refractivity contribution is 5.88. The van der Waals surface area contributed by atoms with E-state index < -0.39 is 0 Å². The zero-order chi connectivity index (χ0) is 20.3. The highest BCUT2D eigenvalue weighted by Crippen LogP contribution is 2.28. The third-order valence-corrected chi connectivity index (χ3v) is 4.37. The van der Waals surface area contributed by atoms with Gasteiger partial charge in [0.15, 0.2) is 0 Å². The van der Waals surface area contributed by atoms with Gasteiger partial charge in [-0.1, -0.05) is 6.07 Å². The fourth-order valence-corrected chi connectivity index (χ4v) is 3.06. The van der Waals surface area contributed by atoms with Crippen molar-refractivity contribution in [3.8, 4) is 22.3 Å². The third-order valence-electron chi connectivity index (χ3n) is 4.37. The molecule has 0 fully saturated rings. The molecule has 0 atom stereocenters. The number of hydrogen-bond donors (Lipinski definition) is 3. The zero-order valence-electron chi connectivity index (χ0n) is 15.8. The first-order valence-corrected chi connectivity index (χ1v) is 8.85. The Labute approximate surface area is 162 Å². The molecule has 0 unspecified atom stereocenters. The summed E-state index contributed by atoms with van der Waals surface area (Å²) in [6.45, 7) is 3.37. The number of anilines is 2. The molecule has 0 aliphatic carbocycles. The van der Waals surface area contributed by atoms with Crippen LogP contribution in [0.2, 0.25) is 0 Å². The molecule has 7 nitrogen and oxygen atoms in total. The van der Waals surface area contributed by atoms with Crippen molar-refractivity contribution in [2.45, 2.75) is 20.4 Å². The Morgan fingerprint density at radius 3 is 2.68 bits per heavy atom. The SMILES string of the molecule is CC(=O)Nc1cc(-c2cc(-c3cc(N)ccc3C)cn(CCO)c2=O)ccn1.